The molecule has 1 fully saturated rings. The molecule has 2 aromatic carbocycles. The van der Waals surface area contributed by atoms with Crippen LogP contribution in [0.3, 0.4) is 0 Å². The lowest BCUT2D eigenvalue weighted by atomic mass is 9.87. The van der Waals surface area contributed by atoms with Gasteiger partial charge in [0.15, 0.2) is 0 Å². The van der Waals surface area contributed by atoms with Crippen molar-refractivity contribution in [3.8, 4) is 0 Å². The second kappa shape index (κ2) is 9.18. The second-order valence-electron chi connectivity index (χ2n) is 7.12. The average Bonchev–Trinajstić information content (AvgIpc) is 3.36. The second-order valence-corrected chi connectivity index (χ2v) is 8.07. The maximum absolute atomic E-state index is 13.1. The van der Waals surface area contributed by atoms with Crippen molar-refractivity contribution in [3.05, 3.63) is 71.8 Å². The van der Waals surface area contributed by atoms with Gasteiger partial charge in [-0.3, -0.25) is 15.0 Å². The van der Waals surface area contributed by atoms with Gasteiger partial charge in [0.1, 0.15) is 5.54 Å². The van der Waals surface area contributed by atoms with Crippen LogP contribution in [-0.4, -0.2) is 48.8 Å². The summed E-state index contributed by atoms with van der Waals surface area (Å²) in [5.41, 5.74) is 2.87. The molecule has 0 radical (unpaired) electrons. The highest BCUT2D eigenvalue weighted by Crippen LogP contribution is 2.31. The summed E-state index contributed by atoms with van der Waals surface area (Å²) in [6, 6.07) is 18.0. The SMILES string of the molecule is CC[C@@]1(c2ccccc2)NC(=O)N(NC(=O)CSc2nnnn2Cc2ccccc2)C1=O. The van der Waals surface area contributed by atoms with Crippen molar-refractivity contribution >= 4 is 29.6 Å². The summed E-state index contributed by atoms with van der Waals surface area (Å²) in [7, 11) is 0. The number of carbonyl (C=O) groups excluding carboxylic acids is 3. The molecule has 11 heteroatoms. The highest BCUT2D eigenvalue weighted by molar-refractivity contribution is 7.99. The van der Waals surface area contributed by atoms with Gasteiger partial charge in [0.2, 0.25) is 11.1 Å². The minimum atomic E-state index is -1.21. The summed E-state index contributed by atoms with van der Waals surface area (Å²) >= 11 is 1.11. The van der Waals surface area contributed by atoms with E-state index in [9.17, 15) is 14.4 Å². The molecule has 4 rings (SSSR count). The van der Waals surface area contributed by atoms with Gasteiger partial charge in [-0.1, -0.05) is 79.3 Å². The van der Waals surface area contributed by atoms with Crippen molar-refractivity contribution < 1.29 is 14.4 Å². The van der Waals surface area contributed by atoms with Crippen molar-refractivity contribution in [1.82, 2.24) is 36.0 Å². The Bertz CT molecular complexity index is 1120. The number of amides is 4. The molecule has 1 aliphatic heterocycles. The van der Waals surface area contributed by atoms with Crippen LogP contribution in [0.5, 0.6) is 0 Å². The summed E-state index contributed by atoms with van der Waals surface area (Å²) < 4.78 is 1.58. The van der Waals surface area contributed by atoms with Gasteiger partial charge >= 0.3 is 6.03 Å². The maximum atomic E-state index is 13.1. The molecular formula is C21H21N7O3S. The fourth-order valence-electron chi connectivity index (χ4n) is 3.48. The molecule has 0 spiro atoms. The smallest absolute Gasteiger partial charge is 0.318 e. The zero-order valence-electron chi connectivity index (χ0n) is 17.3. The Morgan fingerprint density at radius 2 is 1.78 bits per heavy atom. The van der Waals surface area contributed by atoms with Gasteiger partial charge in [-0.05, 0) is 28.0 Å². The maximum Gasteiger partial charge on any atom is 0.344 e. The van der Waals surface area contributed by atoms with E-state index in [2.05, 4.69) is 26.3 Å². The first-order chi connectivity index (χ1) is 15.5. The Kier molecular flexibility index (Phi) is 6.17. The van der Waals surface area contributed by atoms with Crippen LogP contribution >= 0.6 is 11.8 Å². The van der Waals surface area contributed by atoms with E-state index >= 15 is 0 Å². The van der Waals surface area contributed by atoms with Gasteiger partial charge in [-0.2, -0.15) is 5.01 Å². The first-order valence-corrected chi connectivity index (χ1v) is 11.0. The first-order valence-electron chi connectivity index (χ1n) is 9.98. The number of carbonyl (C=O) groups is 3. The Hall–Kier alpha value is -3.73. The highest BCUT2D eigenvalue weighted by Gasteiger charge is 2.52. The van der Waals surface area contributed by atoms with Gasteiger partial charge in [0.05, 0.1) is 12.3 Å². The van der Waals surface area contributed by atoms with Crippen LogP contribution in [0.25, 0.3) is 0 Å². The number of rotatable bonds is 8. The van der Waals surface area contributed by atoms with E-state index in [4.69, 9.17) is 0 Å². The molecule has 0 bridgehead atoms. The number of nitrogens with one attached hydrogen (secondary N) is 2. The van der Waals surface area contributed by atoms with Crippen LogP contribution in [0, 0.1) is 0 Å². The first kappa shape index (κ1) is 21.5. The molecule has 1 saturated heterocycles. The van der Waals surface area contributed by atoms with Gasteiger partial charge in [-0.15, -0.1) is 5.10 Å². The number of benzene rings is 2. The van der Waals surface area contributed by atoms with Gasteiger partial charge in [0.25, 0.3) is 5.91 Å². The summed E-state index contributed by atoms with van der Waals surface area (Å²) in [4.78, 5) is 38.1. The van der Waals surface area contributed by atoms with Crippen LogP contribution in [0.4, 0.5) is 4.79 Å². The summed E-state index contributed by atoms with van der Waals surface area (Å²) in [5.74, 6) is -1.12. The Morgan fingerprint density at radius 3 is 2.47 bits per heavy atom. The van der Waals surface area contributed by atoms with Crippen molar-refractivity contribution in [3.63, 3.8) is 0 Å². The average molecular weight is 452 g/mol. The molecular weight excluding hydrogens is 430 g/mol. The number of urea groups is 1. The van der Waals surface area contributed by atoms with Crippen LogP contribution in [0.15, 0.2) is 65.8 Å². The van der Waals surface area contributed by atoms with Crippen LogP contribution in [0.2, 0.25) is 0 Å². The minimum Gasteiger partial charge on any atom is -0.318 e. The summed E-state index contributed by atoms with van der Waals surface area (Å²) in [6.07, 6.45) is 0.344. The molecule has 2 heterocycles. The number of hydrazine groups is 1. The molecule has 164 valence electrons. The Balaban J connectivity index is 1.39. The molecule has 0 unspecified atom stereocenters. The molecule has 32 heavy (non-hydrogen) atoms. The van der Waals surface area contributed by atoms with Gasteiger partial charge in [0, 0.05) is 0 Å². The molecule has 1 atom stereocenters. The van der Waals surface area contributed by atoms with E-state index < -0.39 is 23.4 Å². The van der Waals surface area contributed by atoms with Gasteiger partial charge < -0.3 is 5.32 Å². The fourth-order valence-corrected chi connectivity index (χ4v) is 4.15. The van der Waals surface area contributed by atoms with Crippen LogP contribution in [-0.2, 0) is 21.7 Å². The third-order valence-electron chi connectivity index (χ3n) is 5.13. The number of hydrogen-bond donors (Lipinski definition) is 2. The lowest BCUT2D eigenvalue weighted by molar-refractivity contribution is -0.138. The highest BCUT2D eigenvalue weighted by atomic mass is 32.2. The standard InChI is InChI=1S/C21H21N7O3S/c1-2-21(16-11-7-4-8-12-16)18(30)28(19(31)22-21)24-17(29)14-32-20-23-25-26-27(20)13-15-9-5-3-6-10-15/h3-12H,2,13-14H2,1H3,(H,22,31)(H,24,29)/t21-/m0/s1. The zero-order valence-corrected chi connectivity index (χ0v) is 18.1. The van der Waals surface area contributed by atoms with E-state index in [0.717, 1.165) is 22.3 Å². The summed E-state index contributed by atoms with van der Waals surface area (Å²) in [5, 5.41) is 15.5. The molecule has 3 aromatic rings. The summed E-state index contributed by atoms with van der Waals surface area (Å²) in [6.45, 7) is 2.26. The van der Waals surface area contributed by atoms with Crippen LogP contribution in [0.1, 0.15) is 24.5 Å². The third-order valence-corrected chi connectivity index (χ3v) is 6.09. The number of thioether (sulfide) groups is 1. The molecule has 10 nitrogen and oxygen atoms in total. The third kappa shape index (κ3) is 4.19. The minimum absolute atomic E-state index is 0.0727. The van der Waals surface area contributed by atoms with Crippen molar-refractivity contribution in [1.29, 1.82) is 0 Å². The van der Waals surface area contributed by atoms with E-state index in [1.807, 2.05) is 36.4 Å². The number of aromatic nitrogens is 4. The number of tetrazole rings is 1. The Morgan fingerprint density at radius 1 is 1.09 bits per heavy atom. The number of imide groups is 1. The number of hydrogen-bond acceptors (Lipinski definition) is 7. The van der Waals surface area contributed by atoms with E-state index in [-0.39, 0.29) is 5.75 Å². The van der Waals surface area contributed by atoms with Crippen molar-refractivity contribution in [2.75, 3.05) is 5.75 Å². The Labute approximate surface area is 188 Å². The monoisotopic (exact) mass is 451 g/mol. The molecule has 4 amide bonds. The number of nitrogens with zero attached hydrogens (tertiary/aromatic N) is 5. The van der Waals surface area contributed by atoms with E-state index in [1.54, 1.807) is 35.9 Å². The topological polar surface area (TPSA) is 122 Å². The molecule has 2 N–H and O–H groups in total. The molecule has 1 aromatic heterocycles. The fraction of sp³-hybridized carbons (Fsp3) is 0.238. The molecule has 0 saturated carbocycles. The predicted molar refractivity (Wildman–Crippen MR) is 116 cm³/mol. The molecule has 0 aliphatic carbocycles. The molecule has 1 aliphatic rings. The predicted octanol–water partition coefficient (Wildman–Crippen LogP) is 1.70. The van der Waals surface area contributed by atoms with E-state index in [1.165, 1.54) is 0 Å². The van der Waals surface area contributed by atoms with E-state index in [0.29, 0.717) is 23.7 Å². The zero-order chi connectivity index (χ0) is 22.6. The lowest BCUT2D eigenvalue weighted by Gasteiger charge is -2.25. The quantitative estimate of drug-likeness (QED) is 0.395. The van der Waals surface area contributed by atoms with Gasteiger partial charge in [-0.25, -0.2) is 9.48 Å². The van der Waals surface area contributed by atoms with Crippen LogP contribution < -0.4 is 10.7 Å². The lowest BCUT2D eigenvalue weighted by Crippen LogP contribution is -2.49. The van der Waals surface area contributed by atoms with Crippen molar-refractivity contribution in [2.45, 2.75) is 30.6 Å². The largest absolute Gasteiger partial charge is 0.344 e. The normalized spacial score (nSPS) is 18.0. The van der Waals surface area contributed by atoms with Crippen molar-refractivity contribution in [2.24, 2.45) is 0 Å².